The molecular formula is C61H42N2O. The van der Waals surface area contributed by atoms with E-state index in [1.165, 1.54) is 32.7 Å². The van der Waals surface area contributed by atoms with Crippen molar-refractivity contribution in [3.63, 3.8) is 0 Å². The smallest absolute Gasteiger partial charge is 0.151 e. The highest BCUT2D eigenvalue weighted by Crippen LogP contribution is 2.47. The number of hydrogen-bond donors (Lipinski definition) is 1. The van der Waals surface area contributed by atoms with Gasteiger partial charge in [-0.1, -0.05) is 170 Å². The fraction of sp³-hybridized carbons (Fsp3) is 0.0328. The van der Waals surface area contributed by atoms with Crippen molar-refractivity contribution in [2.75, 3.05) is 10.6 Å². The minimum absolute atomic E-state index is 0.247. The van der Waals surface area contributed by atoms with Crippen LogP contribution in [0.2, 0.25) is 0 Å². The number of nitrogens with zero attached hydrogens (tertiary/aromatic N) is 1. The van der Waals surface area contributed by atoms with Crippen LogP contribution in [0.15, 0.2) is 218 Å². The van der Waals surface area contributed by atoms with Crippen molar-refractivity contribution >= 4 is 71.6 Å². The largest absolute Gasteiger partial charge is 0.483 e. The molecule has 64 heavy (non-hydrogen) atoms. The van der Waals surface area contributed by atoms with Gasteiger partial charge in [0.05, 0.1) is 17.1 Å². The predicted octanol–water partition coefficient (Wildman–Crippen LogP) is 14.6. The highest BCUT2D eigenvalue weighted by atomic mass is 16.5. The van der Waals surface area contributed by atoms with Gasteiger partial charge in [-0.3, -0.25) is 0 Å². The standard InChI is InChI=1S/C61H42N2O/c1-39(43-28-27-40-15-8-9-19-44(40)33-43)64-61-56(35-45-20-11-13-25-52(45)60(61)62)47-29-31-53-57(36-47)54-37-48(54)38-59(53)63(49-22-6-3-7-23-49)58-32-30-46(34-55(58)42-16-4-2-5-17-42)51-26-14-21-41-18-10-12-24-50(41)51/h2-36,38-39H,62H2,1H3. The summed E-state index contributed by atoms with van der Waals surface area (Å²) in [6.07, 6.45) is -0.247. The number of fused-ring (bicyclic) bond motifs is 6. The Bertz CT molecular complexity index is 3770. The minimum atomic E-state index is -0.247. The van der Waals surface area contributed by atoms with Crippen LogP contribution in [0.3, 0.4) is 0 Å². The van der Waals surface area contributed by atoms with Crippen LogP contribution in [-0.2, 0) is 0 Å². The van der Waals surface area contributed by atoms with Crippen molar-refractivity contribution in [3.05, 3.63) is 234 Å². The molecule has 0 fully saturated rings. The molecule has 0 spiro atoms. The average Bonchev–Trinajstić information content (AvgIpc) is 4.15. The first-order chi connectivity index (χ1) is 31.6. The number of hydrogen-bond acceptors (Lipinski definition) is 3. The molecule has 0 saturated carbocycles. The van der Waals surface area contributed by atoms with Crippen molar-refractivity contribution in [1.82, 2.24) is 0 Å². The molecule has 302 valence electrons. The maximum absolute atomic E-state index is 7.11. The van der Waals surface area contributed by atoms with Crippen molar-refractivity contribution < 1.29 is 4.74 Å². The SMILES string of the molecule is CC(Oc1c(-c2ccc3c(N(c4ccccc4)c4ccc(-c5cccc6ccccc56)cc4-c4ccccc4)cc4c(c3c2)=C=4)cc2ccccc2c1N)c1ccc2ccccc2c1. The summed E-state index contributed by atoms with van der Waals surface area (Å²) in [6.45, 7) is 2.11. The highest BCUT2D eigenvalue weighted by molar-refractivity contribution is 6.07. The van der Waals surface area contributed by atoms with Gasteiger partial charge in [-0.15, -0.1) is 5.73 Å². The van der Waals surface area contributed by atoms with Crippen LogP contribution in [0.4, 0.5) is 22.7 Å². The summed E-state index contributed by atoms with van der Waals surface area (Å²) in [6, 6.07) is 78.2. The summed E-state index contributed by atoms with van der Waals surface area (Å²) >= 11 is 0. The van der Waals surface area contributed by atoms with Gasteiger partial charge in [0.15, 0.2) is 5.75 Å². The second kappa shape index (κ2) is 15.2. The Morgan fingerprint density at radius 2 is 1.11 bits per heavy atom. The fourth-order valence-electron chi connectivity index (χ4n) is 9.58. The van der Waals surface area contributed by atoms with Gasteiger partial charge in [-0.25, -0.2) is 0 Å². The molecule has 11 aromatic carbocycles. The lowest BCUT2D eigenvalue weighted by Gasteiger charge is -2.29. The van der Waals surface area contributed by atoms with Crippen molar-refractivity contribution in [2.45, 2.75) is 13.0 Å². The van der Waals surface area contributed by atoms with Gasteiger partial charge in [0.1, 0.15) is 6.10 Å². The molecule has 0 radical (unpaired) electrons. The summed E-state index contributed by atoms with van der Waals surface area (Å²) in [5, 5.41) is 11.4. The van der Waals surface area contributed by atoms with E-state index < -0.39 is 0 Å². The number of benzene rings is 11. The van der Waals surface area contributed by atoms with Gasteiger partial charge >= 0.3 is 0 Å². The van der Waals surface area contributed by atoms with E-state index in [4.69, 9.17) is 10.5 Å². The second-order valence-electron chi connectivity index (χ2n) is 16.8. The van der Waals surface area contributed by atoms with E-state index in [1.54, 1.807) is 0 Å². The van der Waals surface area contributed by atoms with Crippen LogP contribution in [0.1, 0.15) is 18.6 Å². The maximum Gasteiger partial charge on any atom is 0.151 e. The van der Waals surface area contributed by atoms with E-state index >= 15 is 0 Å². The molecular weight excluding hydrogens is 777 g/mol. The van der Waals surface area contributed by atoms with Crippen LogP contribution >= 0.6 is 0 Å². The number of ether oxygens (including phenoxy) is 1. The monoisotopic (exact) mass is 818 g/mol. The Labute approximate surface area is 371 Å². The normalized spacial score (nSPS) is 12.1. The first-order valence-electron chi connectivity index (χ1n) is 21.9. The lowest BCUT2D eigenvalue weighted by atomic mass is 9.93. The molecule has 0 saturated heterocycles. The van der Waals surface area contributed by atoms with E-state index in [2.05, 4.69) is 230 Å². The van der Waals surface area contributed by atoms with Crippen LogP contribution in [0, 0.1) is 0 Å². The van der Waals surface area contributed by atoms with Gasteiger partial charge < -0.3 is 15.4 Å². The Hall–Kier alpha value is -8.36. The number of nitrogen functional groups attached to an aromatic ring is 1. The molecule has 12 rings (SSSR count). The van der Waals surface area contributed by atoms with Crippen molar-refractivity contribution in [2.24, 2.45) is 0 Å². The molecule has 1 atom stereocenters. The van der Waals surface area contributed by atoms with Crippen LogP contribution in [0.5, 0.6) is 5.75 Å². The third kappa shape index (κ3) is 6.46. The van der Waals surface area contributed by atoms with Crippen molar-refractivity contribution in [1.29, 1.82) is 0 Å². The number of nitrogens with two attached hydrogens (primary N) is 1. The van der Waals surface area contributed by atoms with Crippen LogP contribution in [0.25, 0.3) is 82.2 Å². The van der Waals surface area contributed by atoms with E-state index in [1.807, 2.05) is 6.07 Å². The molecule has 1 aliphatic carbocycles. The van der Waals surface area contributed by atoms with Gasteiger partial charge in [0.2, 0.25) is 0 Å². The lowest BCUT2D eigenvalue weighted by Crippen LogP contribution is -2.17. The molecule has 0 heterocycles. The first-order valence-corrected chi connectivity index (χ1v) is 21.9. The zero-order valence-corrected chi connectivity index (χ0v) is 35.3. The van der Waals surface area contributed by atoms with Crippen LogP contribution in [-0.4, -0.2) is 0 Å². The first kappa shape index (κ1) is 37.4. The average molecular weight is 819 g/mol. The Kier molecular flexibility index (Phi) is 8.89. The summed E-state index contributed by atoms with van der Waals surface area (Å²) in [5.74, 6) is 0.688. The highest BCUT2D eigenvalue weighted by Gasteiger charge is 2.24. The molecule has 0 aliphatic heterocycles. The summed E-state index contributed by atoms with van der Waals surface area (Å²) in [5.41, 5.74) is 22.4. The molecule has 1 unspecified atom stereocenters. The summed E-state index contributed by atoms with van der Waals surface area (Å²) in [7, 11) is 0. The quantitative estimate of drug-likeness (QED) is 0.147. The zero-order chi connectivity index (χ0) is 42.7. The van der Waals surface area contributed by atoms with E-state index in [0.29, 0.717) is 11.4 Å². The predicted molar refractivity (Wildman–Crippen MR) is 269 cm³/mol. The minimum Gasteiger partial charge on any atom is -0.483 e. The Morgan fingerprint density at radius 3 is 1.94 bits per heavy atom. The number of anilines is 4. The molecule has 3 heteroatoms. The molecule has 0 aromatic heterocycles. The Balaban J connectivity index is 1.02. The molecule has 0 amide bonds. The van der Waals surface area contributed by atoms with Gasteiger partial charge in [-0.2, -0.15) is 0 Å². The summed E-state index contributed by atoms with van der Waals surface area (Å²) < 4.78 is 6.98. The molecule has 3 nitrogen and oxygen atoms in total. The third-order valence-corrected chi connectivity index (χ3v) is 12.9. The van der Waals surface area contributed by atoms with Gasteiger partial charge in [0.25, 0.3) is 0 Å². The van der Waals surface area contributed by atoms with E-state index in [-0.39, 0.29) is 6.10 Å². The fourth-order valence-corrected chi connectivity index (χ4v) is 9.58. The molecule has 2 N–H and O–H groups in total. The topological polar surface area (TPSA) is 38.5 Å². The summed E-state index contributed by atoms with van der Waals surface area (Å²) in [4.78, 5) is 2.42. The number of para-hydroxylation sites is 1. The van der Waals surface area contributed by atoms with Crippen molar-refractivity contribution in [3.8, 4) is 39.1 Å². The maximum atomic E-state index is 7.11. The number of rotatable bonds is 9. The van der Waals surface area contributed by atoms with Crippen LogP contribution < -0.4 is 25.8 Å². The van der Waals surface area contributed by atoms with Gasteiger partial charge in [0, 0.05) is 43.4 Å². The van der Waals surface area contributed by atoms with E-state index in [0.717, 1.165) is 76.9 Å². The van der Waals surface area contributed by atoms with Gasteiger partial charge in [-0.05, 0) is 110 Å². The molecule has 11 aromatic rings. The van der Waals surface area contributed by atoms with E-state index in [9.17, 15) is 0 Å². The zero-order valence-electron chi connectivity index (χ0n) is 35.3. The molecule has 0 bridgehead atoms. The second-order valence-corrected chi connectivity index (χ2v) is 16.8. The Morgan fingerprint density at radius 1 is 0.438 bits per heavy atom. The molecule has 1 aliphatic rings. The third-order valence-electron chi connectivity index (χ3n) is 12.9. The lowest BCUT2D eigenvalue weighted by molar-refractivity contribution is 0.230.